The summed E-state index contributed by atoms with van der Waals surface area (Å²) in [6.07, 6.45) is 0.227. The quantitative estimate of drug-likeness (QED) is 0.299. The van der Waals surface area contributed by atoms with Gasteiger partial charge in [-0.3, -0.25) is 10.2 Å². The summed E-state index contributed by atoms with van der Waals surface area (Å²) in [4.78, 5) is 10.3. The highest BCUT2D eigenvalue weighted by atomic mass is 16.4. The van der Waals surface area contributed by atoms with Gasteiger partial charge in [0.1, 0.15) is 11.8 Å². The van der Waals surface area contributed by atoms with Crippen LogP contribution in [0.1, 0.15) is 6.42 Å². The van der Waals surface area contributed by atoms with Crippen LogP contribution in [-0.2, 0) is 4.79 Å². The first-order chi connectivity index (χ1) is 4.59. The molecule has 0 aromatic carbocycles. The van der Waals surface area contributed by atoms with Crippen molar-refractivity contribution in [2.24, 2.45) is 17.4 Å². The highest BCUT2D eigenvalue weighted by molar-refractivity contribution is 5.97. The molecule has 0 heterocycles. The second-order valence-electron chi connectivity index (χ2n) is 1.92. The van der Waals surface area contributed by atoms with Crippen LogP contribution in [0.25, 0.3) is 0 Å². The first-order valence-corrected chi connectivity index (χ1v) is 2.86. The van der Waals surface area contributed by atoms with Gasteiger partial charge in [-0.15, -0.1) is 0 Å². The molecule has 0 radical (unpaired) electrons. The summed E-state index contributed by atoms with van der Waals surface area (Å²) < 4.78 is 0. The van der Waals surface area contributed by atoms with Gasteiger partial charge < -0.3 is 16.6 Å². The molecule has 0 bridgehead atoms. The third kappa shape index (κ3) is 2.45. The summed E-state index contributed by atoms with van der Waals surface area (Å²) in [5.74, 6) is -2.33. The number of nitrogens with two attached hydrogens (primary N) is 2. The number of aliphatic carboxylic acids is 1. The van der Waals surface area contributed by atoms with E-state index in [1.165, 1.54) is 0 Å². The van der Waals surface area contributed by atoms with Crippen LogP contribution in [0.5, 0.6) is 0 Å². The number of carboxylic acids is 1. The van der Waals surface area contributed by atoms with Gasteiger partial charge in [-0.1, -0.05) is 0 Å². The summed E-state index contributed by atoms with van der Waals surface area (Å²) >= 11 is 0. The lowest BCUT2D eigenvalue weighted by Gasteiger charge is -2.06. The van der Waals surface area contributed by atoms with Crippen LogP contribution in [0.2, 0.25) is 0 Å². The summed E-state index contributed by atoms with van der Waals surface area (Å²) in [7, 11) is 0. The summed E-state index contributed by atoms with van der Waals surface area (Å²) in [5, 5.41) is 15.2. The van der Waals surface area contributed by atoms with E-state index in [0.29, 0.717) is 0 Å². The van der Waals surface area contributed by atoms with Crippen molar-refractivity contribution in [3.8, 4) is 0 Å². The van der Waals surface area contributed by atoms with Crippen molar-refractivity contribution < 1.29 is 9.90 Å². The molecule has 5 nitrogen and oxygen atoms in total. The molecular formula is C5H11N3O2. The molecule has 0 rings (SSSR count). The smallest absolute Gasteiger partial charge is 0.314 e. The van der Waals surface area contributed by atoms with Crippen molar-refractivity contribution in [1.82, 2.24) is 0 Å². The van der Waals surface area contributed by atoms with Crippen LogP contribution in [0.15, 0.2) is 0 Å². The van der Waals surface area contributed by atoms with E-state index >= 15 is 0 Å². The highest BCUT2D eigenvalue weighted by Gasteiger charge is 2.18. The third-order valence-electron chi connectivity index (χ3n) is 1.13. The first-order valence-electron chi connectivity index (χ1n) is 2.86. The molecule has 1 unspecified atom stereocenters. The predicted molar refractivity (Wildman–Crippen MR) is 36.7 cm³/mol. The third-order valence-corrected chi connectivity index (χ3v) is 1.13. The van der Waals surface area contributed by atoms with Crippen molar-refractivity contribution in [3.63, 3.8) is 0 Å². The van der Waals surface area contributed by atoms with Crippen molar-refractivity contribution in [2.75, 3.05) is 6.54 Å². The van der Waals surface area contributed by atoms with Crippen LogP contribution in [0.4, 0.5) is 0 Å². The Bertz CT molecular complexity index is 132. The fraction of sp³-hybridized carbons (Fsp3) is 0.600. The molecule has 0 aliphatic rings. The maximum absolute atomic E-state index is 10.3. The Morgan fingerprint density at radius 3 is 2.30 bits per heavy atom. The molecule has 0 aliphatic heterocycles. The summed E-state index contributed by atoms with van der Waals surface area (Å²) in [5.41, 5.74) is 10.1. The van der Waals surface area contributed by atoms with E-state index in [-0.39, 0.29) is 18.8 Å². The van der Waals surface area contributed by atoms with E-state index in [9.17, 15) is 4.79 Å². The maximum atomic E-state index is 10.3. The minimum atomic E-state index is -1.09. The molecule has 0 amide bonds. The molecule has 1 atom stereocenters. The molecule has 58 valence electrons. The van der Waals surface area contributed by atoms with Gasteiger partial charge in [0.05, 0.1) is 0 Å². The van der Waals surface area contributed by atoms with E-state index in [1.54, 1.807) is 0 Å². The van der Waals surface area contributed by atoms with Gasteiger partial charge in [-0.25, -0.2) is 0 Å². The molecule has 0 aromatic heterocycles. The number of nitrogens with one attached hydrogen (secondary N) is 1. The van der Waals surface area contributed by atoms with Gasteiger partial charge in [0.15, 0.2) is 0 Å². The fourth-order valence-corrected chi connectivity index (χ4v) is 0.579. The number of carbonyl (C=O) groups is 1. The average molecular weight is 145 g/mol. The Kier molecular flexibility index (Phi) is 3.42. The van der Waals surface area contributed by atoms with Gasteiger partial charge >= 0.3 is 5.97 Å². The fourth-order valence-electron chi connectivity index (χ4n) is 0.579. The number of hydrogen-bond acceptors (Lipinski definition) is 3. The molecule has 0 saturated carbocycles. The molecule has 0 saturated heterocycles. The van der Waals surface area contributed by atoms with Crippen LogP contribution in [0.3, 0.4) is 0 Å². The molecule has 6 N–H and O–H groups in total. The second kappa shape index (κ2) is 3.84. The van der Waals surface area contributed by atoms with Crippen LogP contribution in [-0.4, -0.2) is 23.5 Å². The molecule has 10 heavy (non-hydrogen) atoms. The van der Waals surface area contributed by atoms with Crippen LogP contribution in [0, 0.1) is 11.3 Å². The summed E-state index contributed by atoms with van der Waals surface area (Å²) in [6.45, 7) is 0.233. The molecular weight excluding hydrogens is 134 g/mol. The van der Waals surface area contributed by atoms with E-state index in [4.69, 9.17) is 22.0 Å². The largest absolute Gasteiger partial charge is 0.481 e. The van der Waals surface area contributed by atoms with E-state index in [0.717, 1.165) is 0 Å². The Hall–Kier alpha value is -1.10. The van der Waals surface area contributed by atoms with Crippen LogP contribution >= 0.6 is 0 Å². The van der Waals surface area contributed by atoms with Crippen molar-refractivity contribution in [1.29, 1.82) is 5.41 Å². The van der Waals surface area contributed by atoms with Gasteiger partial charge in [-0.05, 0) is 13.0 Å². The van der Waals surface area contributed by atoms with Gasteiger partial charge in [-0.2, -0.15) is 0 Å². The molecule has 5 heteroatoms. The normalized spacial score (nSPS) is 12.5. The zero-order valence-electron chi connectivity index (χ0n) is 5.50. The van der Waals surface area contributed by atoms with Gasteiger partial charge in [0.25, 0.3) is 0 Å². The number of hydrogen-bond donors (Lipinski definition) is 4. The summed E-state index contributed by atoms with van der Waals surface area (Å²) in [6, 6.07) is 0. The monoisotopic (exact) mass is 145 g/mol. The highest BCUT2D eigenvalue weighted by Crippen LogP contribution is 1.99. The topological polar surface area (TPSA) is 113 Å². The van der Waals surface area contributed by atoms with E-state index in [2.05, 4.69) is 0 Å². The number of rotatable bonds is 4. The van der Waals surface area contributed by atoms with Crippen molar-refractivity contribution >= 4 is 11.8 Å². The Balaban J connectivity index is 3.98. The predicted octanol–water partition coefficient (Wildman–Crippen LogP) is -1.03. The lowest BCUT2D eigenvalue weighted by atomic mass is 10.1. The standard InChI is InChI=1S/C5H11N3O2/c6-2-1-3(4(7)8)5(9)10/h3H,1-2,6H2,(H3,7,8)(H,9,10). The molecule has 0 aliphatic carbocycles. The zero-order chi connectivity index (χ0) is 8.15. The number of carboxylic acid groups (broad SMARTS) is 1. The van der Waals surface area contributed by atoms with Crippen LogP contribution < -0.4 is 11.5 Å². The van der Waals surface area contributed by atoms with E-state index < -0.39 is 11.9 Å². The Labute approximate surface area is 58.5 Å². The lowest BCUT2D eigenvalue weighted by Crippen LogP contribution is -2.31. The Morgan fingerprint density at radius 1 is 1.70 bits per heavy atom. The number of amidine groups is 1. The first kappa shape index (κ1) is 8.90. The molecule has 0 spiro atoms. The zero-order valence-corrected chi connectivity index (χ0v) is 5.50. The minimum absolute atomic E-state index is 0.227. The Morgan fingerprint density at radius 2 is 2.20 bits per heavy atom. The minimum Gasteiger partial charge on any atom is -0.481 e. The van der Waals surface area contributed by atoms with Gasteiger partial charge in [0, 0.05) is 0 Å². The SMILES string of the molecule is N=C(N)C(CCN)C(=O)O. The molecule has 0 fully saturated rings. The molecule has 0 aromatic rings. The maximum Gasteiger partial charge on any atom is 0.314 e. The second-order valence-corrected chi connectivity index (χ2v) is 1.92. The van der Waals surface area contributed by atoms with Crippen molar-refractivity contribution in [2.45, 2.75) is 6.42 Å². The van der Waals surface area contributed by atoms with E-state index in [1.807, 2.05) is 0 Å². The van der Waals surface area contributed by atoms with Gasteiger partial charge in [0.2, 0.25) is 0 Å². The average Bonchev–Trinajstić information content (AvgIpc) is 1.81. The lowest BCUT2D eigenvalue weighted by molar-refractivity contribution is -0.139. The van der Waals surface area contributed by atoms with Crippen molar-refractivity contribution in [3.05, 3.63) is 0 Å².